The number of anilines is 2. The molecule has 3 unspecified atom stereocenters. The third kappa shape index (κ3) is 4.62. The highest BCUT2D eigenvalue weighted by Gasteiger charge is 2.30. The molecule has 2 N–H and O–H groups in total. The monoisotopic (exact) mass is 469 g/mol. The minimum Gasteiger partial charge on any atom is -0.754 e. The van der Waals surface area contributed by atoms with Gasteiger partial charge in [-0.1, -0.05) is 12.1 Å². The number of aromatic nitrogens is 3. The fourth-order valence-corrected chi connectivity index (χ4v) is 4.78. The van der Waals surface area contributed by atoms with Crippen LogP contribution in [0.25, 0.3) is 22.3 Å². The third-order valence-corrected chi connectivity index (χ3v) is 6.48. The highest BCUT2D eigenvalue weighted by Crippen LogP contribution is 2.32. The molecule has 11 heteroatoms. The third-order valence-electron chi connectivity index (χ3n) is 5.76. The Hall–Kier alpha value is -2.86. The van der Waals surface area contributed by atoms with E-state index in [1.54, 1.807) is 23.3 Å². The molecule has 33 heavy (non-hydrogen) atoms. The van der Waals surface area contributed by atoms with Crippen LogP contribution in [0, 0.1) is 5.92 Å². The standard InChI is InChI=1S/C22H26N6O4S/c1-13-11-27(12-14(2)32-13)28(33(30)31)17-7-5-15(6-8-17)19-18-9-10-23-20(18)25-22(24-19)26-21(29)16-3-4-16/h5-10,13-14,16H,3-4,11-12H2,1-2H3,(H,30,31)(H2,23,24,25,26,29)/p-1. The minimum absolute atomic E-state index is 0.0419. The van der Waals surface area contributed by atoms with Crippen LogP contribution in [0.15, 0.2) is 36.5 Å². The van der Waals surface area contributed by atoms with Crippen LogP contribution in [0.4, 0.5) is 11.6 Å². The number of morpholine rings is 1. The Labute approximate surface area is 193 Å². The number of rotatable bonds is 6. The lowest BCUT2D eigenvalue weighted by Gasteiger charge is -2.43. The van der Waals surface area contributed by atoms with Crippen LogP contribution < -0.4 is 9.73 Å². The van der Waals surface area contributed by atoms with Crippen molar-refractivity contribution in [2.75, 3.05) is 22.8 Å². The summed E-state index contributed by atoms with van der Waals surface area (Å²) < 4.78 is 31.2. The Kier molecular flexibility index (Phi) is 5.87. The fraction of sp³-hybridized carbons (Fsp3) is 0.409. The Balaban J connectivity index is 1.45. The molecule has 3 atom stereocenters. The van der Waals surface area contributed by atoms with Gasteiger partial charge in [0.15, 0.2) is 0 Å². The first-order valence-electron chi connectivity index (χ1n) is 11.0. The number of ether oxygens (including phenoxy) is 1. The van der Waals surface area contributed by atoms with Gasteiger partial charge >= 0.3 is 0 Å². The van der Waals surface area contributed by atoms with Gasteiger partial charge in [-0.3, -0.25) is 14.3 Å². The first-order valence-corrected chi connectivity index (χ1v) is 12.0. The second kappa shape index (κ2) is 8.82. The predicted octanol–water partition coefficient (Wildman–Crippen LogP) is 2.60. The average molecular weight is 470 g/mol. The molecule has 0 bridgehead atoms. The molecule has 2 fully saturated rings. The number of hydrogen-bond donors (Lipinski definition) is 2. The van der Waals surface area contributed by atoms with E-state index in [1.165, 1.54) is 4.41 Å². The van der Waals surface area contributed by atoms with Gasteiger partial charge in [0.1, 0.15) is 5.65 Å². The average Bonchev–Trinajstić information content (AvgIpc) is 3.51. The number of fused-ring (bicyclic) bond motifs is 1. The van der Waals surface area contributed by atoms with E-state index in [0.717, 1.165) is 23.8 Å². The van der Waals surface area contributed by atoms with E-state index in [4.69, 9.17) is 4.74 Å². The maximum atomic E-state index is 12.2. The zero-order valence-corrected chi connectivity index (χ0v) is 19.2. The Morgan fingerprint density at radius 2 is 1.88 bits per heavy atom. The van der Waals surface area contributed by atoms with Gasteiger partial charge in [0.05, 0.1) is 34.9 Å². The van der Waals surface area contributed by atoms with Crippen LogP contribution in [0.5, 0.6) is 0 Å². The molecule has 1 saturated heterocycles. The van der Waals surface area contributed by atoms with Gasteiger partial charge < -0.3 is 14.3 Å². The van der Waals surface area contributed by atoms with Crippen LogP contribution in [0.3, 0.4) is 0 Å². The van der Waals surface area contributed by atoms with E-state index >= 15 is 0 Å². The molecular weight excluding hydrogens is 444 g/mol. The number of carbonyl (C=O) groups is 1. The number of carbonyl (C=O) groups excluding carboxylic acids is 1. The molecule has 0 radical (unpaired) electrons. The number of H-pyrrole nitrogens is 1. The van der Waals surface area contributed by atoms with Crippen molar-refractivity contribution >= 4 is 39.8 Å². The lowest BCUT2D eigenvalue weighted by atomic mass is 10.1. The summed E-state index contributed by atoms with van der Waals surface area (Å²) in [6, 6.07) is 9.02. The number of hydrazine groups is 1. The minimum atomic E-state index is -2.48. The maximum Gasteiger partial charge on any atom is 0.232 e. The van der Waals surface area contributed by atoms with Crippen molar-refractivity contribution < 1.29 is 18.3 Å². The van der Waals surface area contributed by atoms with E-state index in [2.05, 4.69) is 20.3 Å². The molecule has 2 aliphatic rings. The van der Waals surface area contributed by atoms with Gasteiger partial charge in [0.25, 0.3) is 0 Å². The Morgan fingerprint density at radius 3 is 2.52 bits per heavy atom. The van der Waals surface area contributed by atoms with Crippen molar-refractivity contribution in [3.63, 3.8) is 0 Å². The van der Waals surface area contributed by atoms with E-state index in [9.17, 15) is 13.6 Å². The van der Waals surface area contributed by atoms with Crippen molar-refractivity contribution in [2.45, 2.75) is 38.9 Å². The quantitative estimate of drug-likeness (QED) is 0.531. The van der Waals surface area contributed by atoms with Crippen molar-refractivity contribution in [1.82, 2.24) is 20.0 Å². The first-order chi connectivity index (χ1) is 15.9. The summed E-state index contributed by atoms with van der Waals surface area (Å²) in [7, 11) is 0. The molecular formula is C22H25N6O4S-. The number of benzene rings is 1. The van der Waals surface area contributed by atoms with Crippen molar-refractivity contribution in [2.24, 2.45) is 5.92 Å². The van der Waals surface area contributed by atoms with Gasteiger partial charge in [0, 0.05) is 36.2 Å². The lowest BCUT2D eigenvalue weighted by molar-refractivity contribution is -0.117. The van der Waals surface area contributed by atoms with Crippen molar-refractivity contribution in [3.05, 3.63) is 36.5 Å². The summed E-state index contributed by atoms with van der Waals surface area (Å²) in [6.45, 7) is 4.79. The molecule has 174 valence electrons. The molecule has 1 saturated carbocycles. The predicted molar refractivity (Wildman–Crippen MR) is 124 cm³/mol. The highest BCUT2D eigenvalue weighted by molar-refractivity contribution is 7.80. The molecule has 1 amide bonds. The summed E-state index contributed by atoms with van der Waals surface area (Å²) in [5.41, 5.74) is 2.58. The first kappa shape index (κ1) is 22.0. The molecule has 1 aliphatic heterocycles. The molecule has 1 aliphatic carbocycles. The van der Waals surface area contributed by atoms with Gasteiger partial charge in [-0.2, -0.15) is 4.98 Å². The second-order valence-corrected chi connectivity index (χ2v) is 9.35. The van der Waals surface area contributed by atoms with Crippen LogP contribution in [-0.4, -0.2) is 59.9 Å². The van der Waals surface area contributed by atoms with E-state index < -0.39 is 11.3 Å². The Bertz CT molecular complexity index is 1190. The molecule has 3 heterocycles. The summed E-state index contributed by atoms with van der Waals surface area (Å²) in [6.07, 6.45) is 3.40. The fourth-order valence-electron chi connectivity index (χ4n) is 4.16. The van der Waals surface area contributed by atoms with Crippen LogP contribution in [0.2, 0.25) is 0 Å². The lowest BCUT2D eigenvalue weighted by Crippen LogP contribution is -2.54. The number of nitrogens with one attached hydrogen (secondary N) is 2. The van der Waals surface area contributed by atoms with Crippen molar-refractivity contribution in [3.8, 4) is 11.3 Å². The molecule has 1 aromatic carbocycles. The SMILES string of the molecule is CC1CN(N(c2ccc(-c3nc(NC(=O)C4CC4)nc4[nH]ccc34)cc2)S(=O)[O-])CC(C)O1. The van der Waals surface area contributed by atoms with Gasteiger partial charge in [-0.25, -0.2) is 14.4 Å². The molecule has 10 nitrogen and oxygen atoms in total. The van der Waals surface area contributed by atoms with Crippen molar-refractivity contribution in [1.29, 1.82) is 0 Å². The van der Waals surface area contributed by atoms with E-state index in [0.29, 0.717) is 30.1 Å². The normalized spacial score (nSPS) is 22.3. The van der Waals surface area contributed by atoms with E-state index in [-0.39, 0.29) is 30.0 Å². The van der Waals surface area contributed by atoms with Gasteiger partial charge in [0.2, 0.25) is 11.9 Å². The number of nitrogens with zero attached hydrogens (tertiary/aromatic N) is 4. The highest BCUT2D eigenvalue weighted by atomic mass is 32.2. The number of aromatic amines is 1. The van der Waals surface area contributed by atoms with Gasteiger partial charge in [-0.15, -0.1) is 0 Å². The summed E-state index contributed by atoms with van der Waals surface area (Å²) in [5, 5.41) is 5.39. The number of amides is 1. The van der Waals surface area contributed by atoms with Crippen LogP contribution >= 0.6 is 0 Å². The molecule has 3 aromatic rings. The summed E-state index contributed by atoms with van der Waals surface area (Å²) >= 11 is -2.48. The van der Waals surface area contributed by atoms with Crippen LogP contribution in [0.1, 0.15) is 26.7 Å². The molecule has 2 aromatic heterocycles. The smallest absolute Gasteiger partial charge is 0.232 e. The molecule has 5 rings (SSSR count). The maximum absolute atomic E-state index is 12.2. The summed E-state index contributed by atoms with van der Waals surface area (Å²) in [5.74, 6) is 0.226. The Morgan fingerprint density at radius 1 is 1.18 bits per heavy atom. The topological polar surface area (TPSA) is 127 Å². The zero-order chi connectivity index (χ0) is 23.1. The zero-order valence-electron chi connectivity index (χ0n) is 18.4. The van der Waals surface area contributed by atoms with Crippen LogP contribution in [-0.2, 0) is 20.8 Å². The number of hydrogen-bond acceptors (Lipinski definition) is 7. The van der Waals surface area contributed by atoms with Gasteiger partial charge in [-0.05, 0) is 44.9 Å². The van der Waals surface area contributed by atoms with E-state index in [1.807, 2.05) is 32.0 Å². The molecule has 0 spiro atoms. The largest absolute Gasteiger partial charge is 0.754 e. The second-order valence-electron chi connectivity index (χ2n) is 8.57. The summed E-state index contributed by atoms with van der Waals surface area (Å²) in [4.78, 5) is 24.3.